The first-order chi connectivity index (χ1) is 7.00. The van der Waals surface area contributed by atoms with Gasteiger partial charge in [-0.3, -0.25) is 4.79 Å². The normalized spacial score (nSPS) is 22.9. The summed E-state index contributed by atoms with van der Waals surface area (Å²) in [5.41, 5.74) is 5.85. The average Bonchev–Trinajstić information content (AvgIpc) is 1.98. The highest BCUT2D eigenvalue weighted by Gasteiger charge is 2.27. The van der Waals surface area contributed by atoms with E-state index in [4.69, 9.17) is 10.8 Å². The molecular formula is C12H23NO2. The fraction of sp³-hybridized carbons (Fsp3) is 0.917. The molecule has 0 amide bonds. The van der Waals surface area contributed by atoms with E-state index in [0.717, 1.165) is 12.3 Å². The standard InChI is InChI=1S/C12H23NO2/c1-8(10-4-3-5-10)6-9(2)11(13)7-12(14)15/h8-11H,3-7,13H2,1-2H3,(H,14,15). The Balaban J connectivity index is 2.26. The molecule has 3 N–H and O–H groups in total. The zero-order valence-corrected chi connectivity index (χ0v) is 9.78. The van der Waals surface area contributed by atoms with Gasteiger partial charge in [0.15, 0.2) is 0 Å². The molecule has 0 radical (unpaired) electrons. The second kappa shape index (κ2) is 5.50. The average molecular weight is 213 g/mol. The molecule has 0 heterocycles. The van der Waals surface area contributed by atoms with E-state index < -0.39 is 5.97 Å². The topological polar surface area (TPSA) is 63.3 Å². The van der Waals surface area contributed by atoms with E-state index in [-0.39, 0.29) is 12.5 Å². The summed E-state index contributed by atoms with van der Waals surface area (Å²) in [4.78, 5) is 10.5. The third-order valence-electron chi connectivity index (χ3n) is 3.84. The van der Waals surface area contributed by atoms with E-state index in [0.29, 0.717) is 11.8 Å². The summed E-state index contributed by atoms with van der Waals surface area (Å²) >= 11 is 0. The molecule has 0 aromatic rings. The van der Waals surface area contributed by atoms with Crippen LogP contribution in [0.5, 0.6) is 0 Å². The van der Waals surface area contributed by atoms with Crippen molar-refractivity contribution in [1.29, 1.82) is 0 Å². The van der Waals surface area contributed by atoms with Crippen LogP contribution in [-0.4, -0.2) is 17.1 Å². The van der Waals surface area contributed by atoms with Gasteiger partial charge in [0.2, 0.25) is 0 Å². The Hall–Kier alpha value is -0.570. The van der Waals surface area contributed by atoms with E-state index >= 15 is 0 Å². The van der Waals surface area contributed by atoms with Crippen molar-refractivity contribution in [2.24, 2.45) is 23.5 Å². The minimum Gasteiger partial charge on any atom is -0.481 e. The minimum absolute atomic E-state index is 0.0958. The van der Waals surface area contributed by atoms with E-state index in [2.05, 4.69) is 13.8 Å². The van der Waals surface area contributed by atoms with Crippen LogP contribution in [0.15, 0.2) is 0 Å². The van der Waals surface area contributed by atoms with Crippen LogP contribution in [-0.2, 0) is 4.79 Å². The van der Waals surface area contributed by atoms with E-state index in [1.54, 1.807) is 0 Å². The molecule has 15 heavy (non-hydrogen) atoms. The van der Waals surface area contributed by atoms with Gasteiger partial charge >= 0.3 is 5.97 Å². The molecule has 0 aliphatic heterocycles. The SMILES string of the molecule is CC(CC(C)C1CCC1)C(N)CC(=O)O. The van der Waals surface area contributed by atoms with E-state index in [1.807, 2.05) is 0 Å². The minimum atomic E-state index is -0.786. The quantitative estimate of drug-likeness (QED) is 0.711. The summed E-state index contributed by atoms with van der Waals surface area (Å²) in [6, 6.07) is -0.190. The largest absolute Gasteiger partial charge is 0.481 e. The highest BCUT2D eigenvalue weighted by atomic mass is 16.4. The Morgan fingerprint density at radius 1 is 1.47 bits per heavy atom. The van der Waals surface area contributed by atoms with Gasteiger partial charge in [-0.1, -0.05) is 33.1 Å². The number of aliphatic carboxylic acids is 1. The lowest BCUT2D eigenvalue weighted by Gasteiger charge is -2.34. The third kappa shape index (κ3) is 3.82. The number of carboxylic acids is 1. The molecule has 1 rings (SSSR count). The summed E-state index contributed by atoms with van der Waals surface area (Å²) in [6.45, 7) is 4.34. The molecule has 1 aliphatic carbocycles. The fourth-order valence-corrected chi connectivity index (χ4v) is 2.37. The molecule has 3 unspecified atom stereocenters. The molecule has 1 saturated carbocycles. The summed E-state index contributed by atoms with van der Waals surface area (Å²) < 4.78 is 0. The van der Waals surface area contributed by atoms with Gasteiger partial charge < -0.3 is 10.8 Å². The zero-order chi connectivity index (χ0) is 11.4. The fourth-order valence-electron chi connectivity index (χ4n) is 2.37. The maximum absolute atomic E-state index is 10.5. The Labute approximate surface area is 92.0 Å². The molecule has 1 aliphatic rings. The highest BCUT2D eigenvalue weighted by molar-refractivity contribution is 5.67. The molecule has 0 aromatic heterocycles. The van der Waals surface area contributed by atoms with Crippen molar-refractivity contribution >= 4 is 5.97 Å². The zero-order valence-electron chi connectivity index (χ0n) is 9.78. The first-order valence-electron chi connectivity index (χ1n) is 5.98. The first kappa shape index (κ1) is 12.5. The van der Waals surface area contributed by atoms with Gasteiger partial charge in [0, 0.05) is 6.04 Å². The Kier molecular flexibility index (Phi) is 4.58. The lowest BCUT2D eigenvalue weighted by Crippen LogP contribution is -2.33. The van der Waals surface area contributed by atoms with Crippen LogP contribution in [0.4, 0.5) is 0 Å². The molecule has 0 bridgehead atoms. The molecule has 3 nitrogen and oxygen atoms in total. The van der Waals surface area contributed by atoms with E-state index in [9.17, 15) is 4.79 Å². The number of rotatable bonds is 6. The number of hydrogen-bond acceptors (Lipinski definition) is 2. The predicted octanol–water partition coefficient (Wildman–Crippen LogP) is 2.25. The van der Waals surface area contributed by atoms with Crippen LogP contribution in [0.25, 0.3) is 0 Å². The van der Waals surface area contributed by atoms with Crippen molar-refractivity contribution < 1.29 is 9.90 Å². The van der Waals surface area contributed by atoms with Gasteiger partial charge in [0.25, 0.3) is 0 Å². The van der Waals surface area contributed by atoms with E-state index in [1.165, 1.54) is 19.3 Å². The summed E-state index contributed by atoms with van der Waals surface area (Å²) in [5, 5.41) is 8.65. The van der Waals surface area contributed by atoms with Crippen molar-refractivity contribution in [3.8, 4) is 0 Å². The molecule has 0 spiro atoms. The van der Waals surface area contributed by atoms with Gasteiger partial charge in [-0.25, -0.2) is 0 Å². The van der Waals surface area contributed by atoms with Crippen molar-refractivity contribution in [1.82, 2.24) is 0 Å². The molecule has 3 atom stereocenters. The number of hydrogen-bond donors (Lipinski definition) is 2. The van der Waals surface area contributed by atoms with Crippen LogP contribution in [0.3, 0.4) is 0 Å². The van der Waals surface area contributed by atoms with Crippen LogP contribution < -0.4 is 5.73 Å². The molecule has 0 aromatic carbocycles. The number of nitrogens with two attached hydrogens (primary N) is 1. The summed E-state index contributed by atoms with van der Waals surface area (Å²) in [7, 11) is 0. The lowest BCUT2D eigenvalue weighted by atomic mass is 9.73. The van der Waals surface area contributed by atoms with Gasteiger partial charge in [0.1, 0.15) is 0 Å². The van der Waals surface area contributed by atoms with Crippen molar-refractivity contribution in [2.75, 3.05) is 0 Å². The summed E-state index contributed by atoms with van der Waals surface area (Å²) in [5.74, 6) is 1.10. The third-order valence-corrected chi connectivity index (χ3v) is 3.84. The second-order valence-electron chi connectivity index (χ2n) is 5.14. The van der Waals surface area contributed by atoms with Crippen molar-refractivity contribution in [3.63, 3.8) is 0 Å². The first-order valence-corrected chi connectivity index (χ1v) is 5.98. The van der Waals surface area contributed by atoms with Crippen molar-refractivity contribution in [2.45, 2.75) is 52.0 Å². The highest BCUT2D eigenvalue weighted by Crippen LogP contribution is 2.36. The van der Waals surface area contributed by atoms with Crippen LogP contribution >= 0.6 is 0 Å². The molecule has 3 heteroatoms. The van der Waals surface area contributed by atoms with Gasteiger partial charge in [0.05, 0.1) is 6.42 Å². The second-order valence-corrected chi connectivity index (χ2v) is 5.14. The molecular weight excluding hydrogens is 190 g/mol. The van der Waals surface area contributed by atoms with Crippen LogP contribution in [0, 0.1) is 17.8 Å². The van der Waals surface area contributed by atoms with Gasteiger partial charge in [-0.2, -0.15) is 0 Å². The van der Waals surface area contributed by atoms with Gasteiger partial charge in [-0.05, 0) is 24.2 Å². The lowest BCUT2D eigenvalue weighted by molar-refractivity contribution is -0.137. The number of carboxylic acid groups (broad SMARTS) is 1. The smallest absolute Gasteiger partial charge is 0.304 e. The van der Waals surface area contributed by atoms with Crippen LogP contribution in [0.2, 0.25) is 0 Å². The monoisotopic (exact) mass is 213 g/mol. The molecule has 1 fully saturated rings. The Bertz CT molecular complexity index is 214. The van der Waals surface area contributed by atoms with Crippen LogP contribution in [0.1, 0.15) is 46.0 Å². The Morgan fingerprint density at radius 2 is 2.07 bits per heavy atom. The molecule has 88 valence electrons. The maximum Gasteiger partial charge on any atom is 0.304 e. The number of carbonyl (C=O) groups is 1. The molecule has 0 saturated heterocycles. The Morgan fingerprint density at radius 3 is 2.47 bits per heavy atom. The predicted molar refractivity (Wildman–Crippen MR) is 60.5 cm³/mol. The maximum atomic E-state index is 10.5. The van der Waals surface area contributed by atoms with Crippen molar-refractivity contribution in [3.05, 3.63) is 0 Å². The summed E-state index contributed by atoms with van der Waals surface area (Å²) in [6.07, 6.45) is 5.23. The van der Waals surface area contributed by atoms with Gasteiger partial charge in [-0.15, -0.1) is 0 Å².